The van der Waals surface area contributed by atoms with Crippen LogP contribution in [-0.4, -0.2) is 23.0 Å². The summed E-state index contributed by atoms with van der Waals surface area (Å²) >= 11 is 3.13. The zero-order chi connectivity index (χ0) is 14.6. The van der Waals surface area contributed by atoms with Crippen LogP contribution in [0.4, 0.5) is 4.39 Å². The van der Waals surface area contributed by atoms with E-state index in [2.05, 4.69) is 21.2 Å². The van der Waals surface area contributed by atoms with E-state index in [1.807, 2.05) is 13.8 Å². The van der Waals surface area contributed by atoms with Gasteiger partial charge in [-0.15, -0.1) is 0 Å². The minimum Gasteiger partial charge on any atom is -0.480 e. The molecule has 0 aliphatic heterocycles. The van der Waals surface area contributed by atoms with Crippen LogP contribution in [0.1, 0.15) is 30.6 Å². The van der Waals surface area contributed by atoms with Gasteiger partial charge in [0.05, 0.1) is 5.56 Å². The Morgan fingerprint density at radius 2 is 2.05 bits per heavy atom. The third kappa shape index (κ3) is 4.63. The Hall–Kier alpha value is -1.43. The summed E-state index contributed by atoms with van der Waals surface area (Å²) in [6, 6.07) is 2.70. The number of amides is 1. The topological polar surface area (TPSA) is 66.4 Å². The van der Waals surface area contributed by atoms with E-state index in [1.165, 1.54) is 12.1 Å². The second-order valence-corrected chi connectivity index (χ2v) is 5.47. The van der Waals surface area contributed by atoms with Gasteiger partial charge in [-0.1, -0.05) is 13.8 Å². The van der Waals surface area contributed by atoms with Crippen LogP contribution in [-0.2, 0) is 4.79 Å². The molecule has 0 aromatic heterocycles. The summed E-state index contributed by atoms with van der Waals surface area (Å²) in [6.45, 7) is 3.72. The Bertz CT molecular complexity index is 491. The van der Waals surface area contributed by atoms with E-state index < -0.39 is 23.7 Å². The van der Waals surface area contributed by atoms with Crippen molar-refractivity contribution < 1.29 is 19.1 Å². The molecule has 0 fully saturated rings. The predicted molar refractivity (Wildman–Crippen MR) is 72.4 cm³/mol. The molecule has 1 amide bonds. The lowest BCUT2D eigenvalue weighted by Crippen LogP contribution is -2.41. The normalized spacial score (nSPS) is 12.3. The van der Waals surface area contributed by atoms with Crippen LogP contribution in [0.3, 0.4) is 0 Å². The summed E-state index contributed by atoms with van der Waals surface area (Å²) in [5.74, 6) is -2.14. The molecule has 0 aliphatic carbocycles. The molecule has 1 aromatic carbocycles. The summed E-state index contributed by atoms with van der Waals surface area (Å²) in [6.07, 6.45) is 0.314. The highest BCUT2D eigenvalue weighted by Gasteiger charge is 2.22. The van der Waals surface area contributed by atoms with Crippen LogP contribution >= 0.6 is 15.9 Å². The molecule has 2 N–H and O–H groups in total. The first kappa shape index (κ1) is 15.6. The van der Waals surface area contributed by atoms with E-state index in [9.17, 15) is 14.0 Å². The number of carbonyl (C=O) groups is 2. The lowest BCUT2D eigenvalue weighted by Gasteiger charge is -2.17. The van der Waals surface area contributed by atoms with Gasteiger partial charge >= 0.3 is 5.97 Å². The number of carboxylic acid groups (broad SMARTS) is 1. The van der Waals surface area contributed by atoms with Crippen molar-refractivity contribution in [3.8, 4) is 0 Å². The molecule has 0 bridgehead atoms. The first-order valence-corrected chi connectivity index (χ1v) is 6.59. The molecule has 0 spiro atoms. The van der Waals surface area contributed by atoms with Crippen molar-refractivity contribution in [1.29, 1.82) is 0 Å². The van der Waals surface area contributed by atoms with Crippen molar-refractivity contribution in [3.63, 3.8) is 0 Å². The number of benzene rings is 1. The van der Waals surface area contributed by atoms with E-state index in [0.717, 1.165) is 6.07 Å². The summed E-state index contributed by atoms with van der Waals surface area (Å²) in [5, 5.41) is 11.4. The third-order valence-electron chi connectivity index (χ3n) is 2.48. The average molecular weight is 332 g/mol. The van der Waals surface area contributed by atoms with Gasteiger partial charge in [-0.25, -0.2) is 9.18 Å². The van der Waals surface area contributed by atoms with Crippen molar-refractivity contribution in [2.45, 2.75) is 26.3 Å². The van der Waals surface area contributed by atoms with Crippen molar-refractivity contribution in [3.05, 3.63) is 34.1 Å². The van der Waals surface area contributed by atoms with Gasteiger partial charge in [0.1, 0.15) is 11.9 Å². The molecule has 0 unspecified atom stereocenters. The van der Waals surface area contributed by atoms with E-state index in [4.69, 9.17) is 5.11 Å². The second-order valence-electron chi connectivity index (χ2n) is 4.62. The van der Waals surface area contributed by atoms with Crippen molar-refractivity contribution in [2.24, 2.45) is 5.92 Å². The molecule has 1 rings (SSSR count). The van der Waals surface area contributed by atoms with Gasteiger partial charge in [0.15, 0.2) is 0 Å². The molecule has 0 aliphatic rings. The first-order valence-electron chi connectivity index (χ1n) is 5.80. The fraction of sp³-hybridized carbons (Fsp3) is 0.385. The molecule has 0 heterocycles. The van der Waals surface area contributed by atoms with Gasteiger partial charge in [-0.05, 0) is 46.5 Å². The molecular weight excluding hydrogens is 317 g/mol. The highest BCUT2D eigenvalue weighted by atomic mass is 79.9. The first-order chi connectivity index (χ1) is 8.81. The van der Waals surface area contributed by atoms with Gasteiger partial charge in [-0.2, -0.15) is 0 Å². The van der Waals surface area contributed by atoms with Crippen LogP contribution in [0, 0.1) is 11.7 Å². The van der Waals surface area contributed by atoms with Crippen LogP contribution in [0.5, 0.6) is 0 Å². The van der Waals surface area contributed by atoms with Gasteiger partial charge in [-0.3, -0.25) is 4.79 Å². The predicted octanol–water partition coefficient (Wildman–Crippen LogP) is 2.82. The summed E-state index contributed by atoms with van der Waals surface area (Å²) < 4.78 is 13.5. The number of carbonyl (C=O) groups excluding carboxylic acids is 1. The van der Waals surface area contributed by atoms with E-state index in [1.54, 1.807) is 0 Å². The second kappa shape index (κ2) is 6.65. The third-order valence-corrected chi connectivity index (χ3v) is 3.18. The minimum absolute atomic E-state index is 0.0787. The zero-order valence-electron chi connectivity index (χ0n) is 10.6. The van der Waals surface area contributed by atoms with Crippen molar-refractivity contribution in [2.75, 3.05) is 0 Å². The van der Waals surface area contributed by atoms with Crippen LogP contribution in [0.15, 0.2) is 22.7 Å². The Labute approximate surface area is 119 Å². The zero-order valence-corrected chi connectivity index (χ0v) is 12.2. The maximum atomic E-state index is 13.1. The minimum atomic E-state index is -1.10. The van der Waals surface area contributed by atoms with Crippen LogP contribution < -0.4 is 5.32 Å². The maximum Gasteiger partial charge on any atom is 0.326 e. The standard InChI is InChI=1S/C13H15BrFNO3/c1-7(2)5-11(13(18)19)16-12(17)9-6-8(15)3-4-10(9)14/h3-4,6-7,11H,5H2,1-2H3,(H,16,17)(H,18,19)/t11-/m1/s1. The molecule has 0 saturated heterocycles. The summed E-state index contributed by atoms with van der Waals surface area (Å²) in [4.78, 5) is 23.0. The fourth-order valence-corrected chi connectivity index (χ4v) is 2.03. The number of hydrogen-bond acceptors (Lipinski definition) is 2. The molecule has 4 nitrogen and oxygen atoms in total. The molecule has 1 atom stereocenters. The largest absolute Gasteiger partial charge is 0.480 e. The van der Waals surface area contributed by atoms with Gasteiger partial charge < -0.3 is 10.4 Å². The summed E-state index contributed by atoms with van der Waals surface area (Å²) in [5.41, 5.74) is 0.0787. The number of rotatable bonds is 5. The highest BCUT2D eigenvalue weighted by molar-refractivity contribution is 9.10. The number of carboxylic acids is 1. The Morgan fingerprint density at radius 1 is 1.42 bits per heavy atom. The van der Waals surface area contributed by atoms with E-state index >= 15 is 0 Å². The summed E-state index contributed by atoms with van der Waals surface area (Å²) in [7, 11) is 0. The Morgan fingerprint density at radius 3 is 2.58 bits per heavy atom. The van der Waals surface area contributed by atoms with Crippen LogP contribution in [0.2, 0.25) is 0 Å². The molecule has 1 aromatic rings. The van der Waals surface area contributed by atoms with E-state index in [0.29, 0.717) is 10.9 Å². The Kier molecular flexibility index (Phi) is 5.47. The van der Waals surface area contributed by atoms with Crippen LogP contribution in [0.25, 0.3) is 0 Å². The average Bonchev–Trinajstić information content (AvgIpc) is 2.30. The number of aliphatic carboxylic acids is 1. The number of halogens is 2. The van der Waals surface area contributed by atoms with Gasteiger partial charge in [0.25, 0.3) is 5.91 Å². The van der Waals surface area contributed by atoms with Crippen molar-refractivity contribution >= 4 is 27.8 Å². The number of nitrogens with one attached hydrogen (secondary N) is 1. The maximum absolute atomic E-state index is 13.1. The molecule has 104 valence electrons. The van der Waals surface area contributed by atoms with Gasteiger partial charge in [0, 0.05) is 4.47 Å². The lowest BCUT2D eigenvalue weighted by molar-refractivity contribution is -0.139. The highest BCUT2D eigenvalue weighted by Crippen LogP contribution is 2.18. The monoisotopic (exact) mass is 331 g/mol. The molecule has 0 saturated carbocycles. The van der Waals surface area contributed by atoms with Gasteiger partial charge in [0.2, 0.25) is 0 Å². The molecule has 6 heteroatoms. The fourth-order valence-electron chi connectivity index (χ4n) is 1.60. The molecule has 19 heavy (non-hydrogen) atoms. The SMILES string of the molecule is CC(C)C[C@@H](NC(=O)c1cc(F)ccc1Br)C(=O)O. The lowest BCUT2D eigenvalue weighted by atomic mass is 10.0. The molecule has 0 radical (unpaired) electrons. The Balaban J connectivity index is 2.87. The van der Waals surface area contributed by atoms with E-state index in [-0.39, 0.29) is 11.5 Å². The van der Waals surface area contributed by atoms with Crippen molar-refractivity contribution in [1.82, 2.24) is 5.32 Å². The number of hydrogen-bond donors (Lipinski definition) is 2. The molecular formula is C13H15BrFNO3. The smallest absolute Gasteiger partial charge is 0.326 e. The quantitative estimate of drug-likeness (QED) is 0.871.